The molecule has 122 valence electrons. The van der Waals surface area contributed by atoms with Gasteiger partial charge in [0.1, 0.15) is 0 Å². The number of fused-ring (bicyclic) bond motifs is 1. The highest BCUT2D eigenvalue weighted by Gasteiger charge is 2.29. The summed E-state index contributed by atoms with van der Waals surface area (Å²) < 4.78 is 10.7. The normalized spacial score (nSPS) is 20.2. The van der Waals surface area contributed by atoms with Gasteiger partial charge in [-0.25, -0.2) is 4.79 Å². The molecule has 2 aliphatic rings. The highest BCUT2D eigenvalue weighted by Crippen LogP contribution is 2.32. The minimum absolute atomic E-state index is 0.150. The fraction of sp³-hybridized carbons (Fsp3) is 0.529. The predicted molar refractivity (Wildman–Crippen MR) is 85.3 cm³/mol. The number of hydrogen-bond donors (Lipinski definition) is 0. The van der Waals surface area contributed by atoms with E-state index >= 15 is 0 Å². The van der Waals surface area contributed by atoms with E-state index in [1.165, 1.54) is 0 Å². The van der Waals surface area contributed by atoms with Gasteiger partial charge < -0.3 is 19.1 Å². The van der Waals surface area contributed by atoms with Crippen molar-refractivity contribution in [2.75, 3.05) is 39.4 Å². The van der Waals surface area contributed by atoms with Gasteiger partial charge in [0.15, 0.2) is 5.58 Å². The summed E-state index contributed by atoms with van der Waals surface area (Å²) in [6, 6.07) is 8.13. The average molecular weight is 315 g/mol. The lowest BCUT2D eigenvalue weighted by atomic mass is 9.92. The topological polar surface area (TPSA) is 58.8 Å². The highest BCUT2D eigenvalue weighted by atomic mass is 16.5. The minimum atomic E-state index is 0.150. The molecule has 0 N–H and O–H groups in total. The van der Waals surface area contributed by atoms with Gasteiger partial charge in [-0.3, -0.25) is 0 Å². The van der Waals surface area contributed by atoms with Crippen LogP contribution in [-0.2, 0) is 4.74 Å². The number of amides is 2. The number of urea groups is 1. The molecule has 0 radical (unpaired) electrons. The van der Waals surface area contributed by atoms with Crippen molar-refractivity contribution >= 4 is 17.0 Å². The van der Waals surface area contributed by atoms with Crippen LogP contribution in [0, 0.1) is 0 Å². The van der Waals surface area contributed by atoms with Crippen LogP contribution in [0.2, 0.25) is 0 Å². The summed E-state index contributed by atoms with van der Waals surface area (Å²) in [5.41, 5.74) is 1.88. The molecule has 6 nitrogen and oxygen atoms in total. The van der Waals surface area contributed by atoms with Crippen LogP contribution in [0.15, 0.2) is 28.8 Å². The lowest BCUT2D eigenvalue weighted by molar-refractivity contribution is 0.0411. The molecule has 1 aromatic heterocycles. The average Bonchev–Trinajstić information content (AvgIpc) is 3.06. The first-order chi connectivity index (χ1) is 11.3. The number of carbonyl (C=O) groups excluding carboxylic acids is 1. The highest BCUT2D eigenvalue weighted by molar-refractivity contribution is 5.80. The maximum atomic E-state index is 12.5. The summed E-state index contributed by atoms with van der Waals surface area (Å²) in [5.74, 6) is 0.368. The summed E-state index contributed by atoms with van der Waals surface area (Å²) >= 11 is 0. The smallest absolute Gasteiger partial charge is 0.320 e. The zero-order valence-electron chi connectivity index (χ0n) is 13.1. The van der Waals surface area contributed by atoms with E-state index in [-0.39, 0.29) is 6.03 Å². The number of piperidine rings is 1. The Balaban J connectivity index is 1.41. The van der Waals surface area contributed by atoms with Crippen molar-refractivity contribution in [3.63, 3.8) is 0 Å². The van der Waals surface area contributed by atoms with E-state index in [2.05, 4.69) is 11.2 Å². The monoisotopic (exact) mass is 315 g/mol. The number of rotatable bonds is 1. The Labute approximate surface area is 135 Å². The van der Waals surface area contributed by atoms with E-state index in [4.69, 9.17) is 9.26 Å². The Bertz CT molecular complexity index is 685. The number of ether oxygens (including phenoxy) is 1. The lowest BCUT2D eigenvalue weighted by Gasteiger charge is -2.36. The Hall–Kier alpha value is -2.08. The first-order valence-corrected chi connectivity index (χ1v) is 8.29. The number of para-hydroxylation sites is 1. The molecular weight excluding hydrogens is 294 g/mol. The minimum Gasteiger partial charge on any atom is -0.378 e. The maximum absolute atomic E-state index is 12.5. The third kappa shape index (κ3) is 2.79. The van der Waals surface area contributed by atoms with Crippen LogP contribution in [0.1, 0.15) is 24.5 Å². The summed E-state index contributed by atoms with van der Waals surface area (Å²) in [6.45, 7) is 4.25. The molecule has 0 saturated carbocycles. The van der Waals surface area contributed by atoms with Crippen LogP contribution in [0.3, 0.4) is 0 Å². The second-order valence-corrected chi connectivity index (χ2v) is 6.21. The van der Waals surface area contributed by atoms with E-state index < -0.39 is 0 Å². The van der Waals surface area contributed by atoms with E-state index in [0.717, 1.165) is 42.6 Å². The molecule has 4 rings (SSSR count). The predicted octanol–water partition coefficient (Wildman–Crippen LogP) is 2.46. The molecule has 2 saturated heterocycles. The number of likely N-dealkylation sites (tertiary alicyclic amines) is 1. The van der Waals surface area contributed by atoms with Crippen molar-refractivity contribution in [1.29, 1.82) is 0 Å². The third-order valence-corrected chi connectivity index (χ3v) is 4.84. The Morgan fingerprint density at radius 2 is 1.74 bits per heavy atom. The molecule has 23 heavy (non-hydrogen) atoms. The second-order valence-electron chi connectivity index (χ2n) is 6.21. The molecule has 0 bridgehead atoms. The number of hydrogen-bond acceptors (Lipinski definition) is 4. The fourth-order valence-corrected chi connectivity index (χ4v) is 3.50. The van der Waals surface area contributed by atoms with Gasteiger partial charge in [0.2, 0.25) is 0 Å². The van der Waals surface area contributed by atoms with E-state index in [1.807, 2.05) is 28.0 Å². The van der Waals surface area contributed by atoms with Crippen molar-refractivity contribution < 1.29 is 14.1 Å². The zero-order valence-corrected chi connectivity index (χ0v) is 13.1. The molecule has 2 aromatic rings. The molecule has 0 aliphatic carbocycles. The summed E-state index contributed by atoms with van der Waals surface area (Å²) in [7, 11) is 0. The third-order valence-electron chi connectivity index (χ3n) is 4.84. The van der Waals surface area contributed by atoms with Gasteiger partial charge in [0.25, 0.3) is 0 Å². The first kappa shape index (κ1) is 14.5. The van der Waals surface area contributed by atoms with Gasteiger partial charge in [0.05, 0.1) is 18.9 Å². The van der Waals surface area contributed by atoms with E-state index in [1.54, 1.807) is 0 Å². The number of morpholine rings is 1. The number of benzene rings is 1. The molecule has 0 atom stereocenters. The van der Waals surface area contributed by atoms with Crippen LogP contribution in [0.5, 0.6) is 0 Å². The molecule has 1 aromatic carbocycles. The fourth-order valence-electron chi connectivity index (χ4n) is 3.50. The van der Waals surface area contributed by atoms with Crippen molar-refractivity contribution in [2.24, 2.45) is 0 Å². The van der Waals surface area contributed by atoms with Crippen molar-refractivity contribution in [1.82, 2.24) is 15.0 Å². The van der Waals surface area contributed by atoms with Crippen LogP contribution < -0.4 is 0 Å². The molecular formula is C17H21N3O3. The first-order valence-electron chi connectivity index (χ1n) is 8.29. The molecule has 2 aliphatic heterocycles. The largest absolute Gasteiger partial charge is 0.378 e. The van der Waals surface area contributed by atoms with Gasteiger partial charge in [-0.05, 0) is 25.0 Å². The molecule has 2 fully saturated rings. The van der Waals surface area contributed by atoms with Gasteiger partial charge >= 0.3 is 6.03 Å². The van der Waals surface area contributed by atoms with Gasteiger partial charge in [-0.2, -0.15) is 0 Å². The van der Waals surface area contributed by atoms with Crippen LogP contribution in [0.4, 0.5) is 4.79 Å². The zero-order chi connectivity index (χ0) is 15.6. The standard InChI is InChI=1S/C17H21N3O3/c21-17(20-9-11-22-12-10-20)19-7-5-13(6-8-19)16-14-3-1-2-4-15(14)23-18-16/h1-4,13H,5-12H2. The number of carbonyl (C=O) groups is 1. The Morgan fingerprint density at radius 1 is 1.04 bits per heavy atom. The molecule has 0 spiro atoms. The lowest BCUT2D eigenvalue weighted by Crippen LogP contribution is -2.50. The molecule has 0 unspecified atom stereocenters. The van der Waals surface area contributed by atoms with Crippen molar-refractivity contribution in [3.05, 3.63) is 30.0 Å². The quantitative estimate of drug-likeness (QED) is 0.811. The SMILES string of the molecule is O=C(N1CCOCC1)N1CCC(c2noc3ccccc23)CC1. The van der Waals surface area contributed by atoms with Crippen molar-refractivity contribution in [3.8, 4) is 0 Å². The van der Waals surface area contributed by atoms with Crippen molar-refractivity contribution in [2.45, 2.75) is 18.8 Å². The summed E-state index contributed by atoms with van der Waals surface area (Å²) in [5, 5.41) is 5.38. The van der Waals surface area contributed by atoms with E-state index in [9.17, 15) is 4.79 Å². The maximum Gasteiger partial charge on any atom is 0.320 e. The Kier molecular flexibility index (Phi) is 3.91. The van der Waals surface area contributed by atoms with E-state index in [0.29, 0.717) is 32.2 Å². The van der Waals surface area contributed by atoms with Crippen LogP contribution in [0.25, 0.3) is 11.0 Å². The number of aromatic nitrogens is 1. The summed E-state index contributed by atoms with van der Waals surface area (Å²) in [6.07, 6.45) is 1.87. The Morgan fingerprint density at radius 3 is 2.52 bits per heavy atom. The molecule has 2 amide bonds. The van der Waals surface area contributed by atoms with Gasteiger partial charge in [0, 0.05) is 37.5 Å². The molecule has 6 heteroatoms. The number of nitrogens with zero attached hydrogens (tertiary/aromatic N) is 3. The molecule has 3 heterocycles. The van der Waals surface area contributed by atoms with Crippen LogP contribution in [-0.4, -0.2) is 60.4 Å². The van der Waals surface area contributed by atoms with Crippen LogP contribution >= 0.6 is 0 Å². The summed E-state index contributed by atoms with van der Waals surface area (Å²) in [4.78, 5) is 16.4. The second kappa shape index (κ2) is 6.20. The van der Waals surface area contributed by atoms with Gasteiger partial charge in [-0.1, -0.05) is 17.3 Å². The van der Waals surface area contributed by atoms with Gasteiger partial charge in [-0.15, -0.1) is 0 Å².